The van der Waals surface area contributed by atoms with Crippen LogP contribution < -0.4 is 10.6 Å². The van der Waals surface area contributed by atoms with Gasteiger partial charge in [0, 0.05) is 35.4 Å². The zero-order valence-electron chi connectivity index (χ0n) is 17.1. The summed E-state index contributed by atoms with van der Waals surface area (Å²) in [6.45, 7) is 2.38. The zero-order chi connectivity index (χ0) is 22.5. The van der Waals surface area contributed by atoms with Gasteiger partial charge in [0.25, 0.3) is 11.8 Å². The van der Waals surface area contributed by atoms with Crippen molar-refractivity contribution < 1.29 is 19.1 Å². The van der Waals surface area contributed by atoms with Crippen molar-refractivity contribution in [3.8, 4) is 5.75 Å². The number of para-hydroxylation sites is 1. The van der Waals surface area contributed by atoms with E-state index in [1.165, 1.54) is 47.4 Å². The molecule has 0 fully saturated rings. The maximum Gasteiger partial charge on any atom is 0.287 e. The van der Waals surface area contributed by atoms with E-state index in [1.807, 2.05) is 31.2 Å². The first-order valence-electron chi connectivity index (χ1n) is 9.80. The molecule has 2 aromatic heterocycles. The van der Waals surface area contributed by atoms with Gasteiger partial charge in [0.05, 0.1) is 0 Å². The predicted molar refractivity (Wildman–Crippen MR) is 123 cm³/mol. The van der Waals surface area contributed by atoms with E-state index in [-0.39, 0.29) is 36.4 Å². The van der Waals surface area contributed by atoms with Gasteiger partial charge in [-0.3, -0.25) is 9.59 Å². The molecule has 0 spiro atoms. The number of nitrogens with one attached hydrogen (secondary N) is 2. The number of benzene rings is 2. The van der Waals surface area contributed by atoms with Gasteiger partial charge in [-0.05, 0) is 37.3 Å². The van der Waals surface area contributed by atoms with E-state index >= 15 is 0 Å². The molecule has 2 amide bonds. The van der Waals surface area contributed by atoms with Gasteiger partial charge in [-0.1, -0.05) is 41.3 Å². The number of hydrogen-bond donors (Lipinski definition) is 3. The van der Waals surface area contributed by atoms with Crippen LogP contribution in [0.25, 0.3) is 11.0 Å². The van der Waals surface area contributed by atoms with Crippen molar-refractivity contribution in [2.45, 2.75) is 17.0 Å². The third-order valence-electron chi connectivity index (χ3n) is 4.58. The number of carbonyl (C=O) groups excluding carboxylic acids is 2. The third-order valence-corrected chi connectivity index (χ3v) is 6.58. The van der Waals surface area contributed by atoms with Crippen LogP contribution in [0, 0.1) is 6.92 Å². The second-order valence-electron chi connectivity index (χ2n) is 6.84. The van der Waals surface area contributed by atoms with Crippen LogP contribution in [0.1, 0.15) is 31.5 Å². The average molecular weight is 469 g/mol. The first-order valence-corrected chi connectivity index (χ1v) is 11.6. The zero-order valence-corrected chi connectivity index (χ0v) is 18.8. The Morgan fingerprint density at radius 1 is 1.03 bits per heavy atom. The summed E-state index contributed by atoms with van der Waals surface area (Å²) in [5.74, 6) is 0.239. The highest BCUT2D eigenvalue weighted by molar-refractivity contribution is 8.00. The Labute approximate surface area is 192 Å². The molecule has 0 radical (unpaired) electrons. The summed E-state index contributed by atoms with van der Waals surface area (Å²) in [6, 6.07) is 13.5. The van der Waals surface area contributed by atoms with Gasteiger partial charge in [0.2, 0.25) is 0 Å². The van der Waals surface area contributed by atoms with Gasteiger partial charge < -0.3 is 20.2 Å². The number of rotatable bonds is 8. The Balaban J connectivity index is 1.39. The molecule has 2 heterocycles. The molecule has 0 saturated heterocycles. The molecule has 0 saturated carbocycles. The number of amides is 2. The van der Waals surface area contributed by atoms with Crippen molar-refractivity contribution in [2.24, 2.45) is 0 Å². The van der Waals surface area contributed by atoms with Gasteiger partial charge in [-0.25, -0.2) is 0 Å². The highest BCUT2D eigenvalue weighted by atomic mass is 32.2. The molecule has 32 heavy (non-hydrogen) atoms. The third kappa shape index (κ3) is 5.09. The van der Waals surface area contributed by atoms with Crippen molar-refractivity contribution in [3.05, 3.63) is 70.4 Å². The molecule has 3 N–H and O–H groups in total. The van der Waals surface area contributed by atoms with Gasteiger partial charge in [-0.15, -0.1) is 10.2 Å². The molecular weight excluding hydrogens is 448 g/mol. The highest BCUT2D eigenvalue weighted by Crippen LogP contribution is 2.33. The molecule has 10 heteroatoms. The topological polar surface area (TPSA) is 117 Å². The number of thioether (sulfide) groups is 1. The molecule has 4 rings (SSSR count). The van der Waals surface area contributed by atoms with Crippen molar-refractivity contribution in [1.82, 2.24) is 20.8 Å². The lowest BCUT2D eigenvalue weighted by atomic mass is 10.1. The van der Waals surface area contributed by atoms with Crippen molar-refractivity contribution in [2.75, 3.05) is 13.1 Å². The number of phenolic OH excluding ortho intramolecular Hbond substituents is 1. The van der Waals surface area contributed by atoms with E-state index in [9.17, 15) is 14.7 Å². The fourth-order valence-corrected chi connectivity index (χ4v) is 4.89. The summed E-state index contributed by atoms with van der Waals surface area (Å²) in [5, 5.41) is 24.7. The highest BCUT2D eigenvalue weighted by Gasteiger charge is 2.21. The van der Waals surface area contributed by atoms with E-state index in [1.54, 1.807) is 0 Å². The number of carbonyl (C=O) groups is 2. The lowest BCUT2D eigenvalue weighted by molar-refractivity contribution is 0.0911. The van der Waals surface area contributed by atoms with Gasteiger partial charge in [0.15, 0.2) is 10.1 Å². The van der Waals surface area contributed by atoms with Crippen molar-refractivity contribution >= 4 is 45.9 Å². The van der Waals surface area contributed by atoms with Crippen molar-refractivity contribution in [3.63, 3.8) is 0 Å². The predicted octanol–water partition coefficient (Wildman–Crippen LogP) is 3.75. The fraction of sp³-hybridized carbons (Fsp3) is 0.182. The Bertz CT molecular complexity index is 1250. The largest absolute Gasteiger partial charge is 0.508 e. The van der Waals surface area contributed by atoms with E-state index in [4.69, 9.17) is 4.42 Å². The normalized spacial score (nSPS) is 10.9. The number of aromatic hydroxyl groups is 1. The summed E-state index contributed by atoms with van der Waals surface area (Å²) in [7, 11) is 0. The minimum Gasteiger partial charge on any atom is -0.508 e. The first kappa shape index (κ1) is 21.8. The van der Waals surface area contributed by atoms with E-state index < -0.39 is 0 Å². The van der Waals surface area contributed by atoms with Gasteiger partial charge in [0.1, 0.15) is 16.3 Å². The van der Waals surface area contributed by atoms with Gasteiger partial charge >= 0.3 is 0 Å². The standard InChI is InChI=1S/C22H20N4O4S2/c1-13-25-26-22(32-13)31-12-17-16-4-2-3-5-18(16)30-19(17)21(29)24-11-10-23-20(28)14-6-8-15(27)9-7-14/h2-9,27H,10-12H2,1H3,(H,23,28)(H,24,29). The average Bonchev–Trinajstić information content (AvgIpc) is 3.38. The number of nitrogens with zero attached hydrogens (tertiary/aromatic N) is 2. The molecule has 0 unspecified atom stereocenters. The molecule has 0 bridgehead atoms. The van der Waals surface area contributed by atoms with Crippen LogP contribution in [0.2, 0.25) is 0 Å². The molecule has 4 aromatic rings. The number of fused-ring (bicyclic) bond motifs is 1. The second kappa shape index (κ2) is 9.84. The van der Waals surface area contributed by atoms with Gasteiger partial charge in [-0.2, -0.15) is 0 Å². The SMILES string of the molecule is Cc1nnc(SCc2c(C(=O)NCCNC(=O)c3ccc(O)cc3)oc3ccccc23)s1. The van der Waals surface area contributed by atoms with Crippen molar-refractivity contribution in [1.29, 1.82) is 0 Å². The Kier molecular flexibility index (Phi) is 6.72. The minimum absolute atomic E-state index is 0.0925. The summed E-state index contributed by atoms with van der Waals surface area (Å²) in [5.41, 5.74) is 1.86. The van der Waals surface area contributed by atoms with Crippen LogP contribution in [0.3, 0.4) is 0 Å². The number of hydrogen-bond acceptors (Lipinski definition) is 8. The van der Waals surface area contributed by atoms with Crippen LogP contribution in [0.15, 0.2) is 57.3 Å². The maximum atomic E-state index is 12.8. The maximum absolute atomic E-state index is 12.8. The molecule has 164 valence electrons. The molecule has 0 aliphatic heterocycles. The van der Waals surface area contributed by atoms with Crippen LogP contribution in [0.4, 0.5) is 0 Å². The molecule has 8 nitrogen and oxygen atoms in total. The van der Waals surface area contributed by atoms with E-state index in [0.717, 1.165) is 20.3 Å². The number of aryl methyl sites for hydroxylation is 1. The van der Waals surface area contributed by atoms with E-state index in [0.29, 0.717) is 16.9 Å². The minimum atomic E-state index is -0.343. The first-order chi connectivity index (χ1) is 15.5. The van der Waals surface area contributed by atoms with Crippen LogP contribution in [-0.4, -0.2) is 40.2 Å². The summed E-state index contributed by atoms with van der Waals surface area (Å²) in [4.78, 5) is 24.9. The molecule has 0 aliphatic rings. The summed E-state index contributed by atoms with van der Waals surface area (Å²) in [6.07, 6.45) is 0. The number of phenols is 1. The van der Waals surface area contributed by atoms with Crippen LogP contribution >= 0.6 is 23.1 Å². The number of aromatic nitrogens is 2. The Hall–Kier alpha value is -3.37. The van der Waals surface area contributed by atoms with Crippen LogP contribution in [0.5, 0.6) is 5.75 Å². The lowest BCUT2D eigenvalue weighted by Crippen LogP contribution is -2.34. The quantitative estimate of drug-likeness (QED) is 0.266. The smallest absolute Gasteiger partial charge is 0.287 e. The second-order valence-corrected chi connectivity index (χ2v) is 9.24. The lowest BCUT2D eigenvalue weighted by Gasteiger charge is -2.07. The Morgan fingerprint density at radius 2 is 1.75 bits per heavy atom. The molecule has 0 atom stereocenters. The molecule has 0 aliphatic carbocycles. The Morgan fingerprint density at radius 3 is 2.47 bits per heavy atom. The number of furan rings is 1. The van der Waals surface area contributed by atoms with E-state index in [2.05, 4.69) is 20.8 Å². The van der Waals surface area contributed by atoms with Crippen LogP contribution in [-0.2, 0) is 5.75 Å². The molecule has 2 aromatic carbocycles. The molecular formula is C22H20N4O4S2. The monoisotopic (exact) mass is 468 g/mol. The summed E-state index contributed by atoms with van der Waals surface area (Å²) >= 11 is 3.01. The summed E-state index contributed by atoms with van der Waals surface area (Å²) < 4.78 is 6.67. The fourth-order valence-electron chi connectivity index (χ4n) is 3.04.